The lowest BCUT2D eigenvalue weighted by molar-refractivity contribution is -0.128. The number of hydrogen-bond acceptors (Lipinski definition) is 25. The zero-order chi connectivity index (χ0) is 72.6. The number of hydrogen-bond donors (Lipinski definition) is 5. The minimum Gasteiger partial charge on any atom is -0.494 e. The molecule has 3 aliphatic carbocycles. The van der Waals surface area contributed by atoms with Crippen LogP contribution in [0.1, 0.15) is 144 Å². The minimum absolute atomic E-state index is 0.0183. The number of aliphatic hydroxyl groups is 2. The molecule has 3 saturated carbocycles. The lowest BCUT2D eigenvalue weighted by Crippen LogP contribution is -2.45. The van der Waals surface area contributed by atoms with Crippen LogP contribution in [-0.2, 0) is 4.79 Å². The summed E-state index contributed by atoms with van der Waals surface area (Å²) >= 11 is 0.250. The van der Waals surface area contributed by atoms with E-state index in [0.717, 1.165) is 120 Å². The zero-order valence-electron chi connectivity index (χ0n) is 58.2. The van der Waals surface area contributed by atoms with E-state index < -0.39 is 28.7 Å². The van der Waals surface area contributed by atoms with Crippen molar-refractivity contribution in [1.29, 1.82) is 0 Å². The van der Waals surface area contributed by atoms with Crippen molar-refractivity contribution >= 4 is 102 Å². The van der Waals surface area contributed by atoms with Crippen molar-refractivity contribution in [3.05, 3.63) is 109 Å². The highest BCUT2D eigenvalue weighted by Gasteiger charge is 2.44. The van der Waals surface area contributed by atoms with Crippen LogP contribution in [0.4, 0.5) is 52.0 Å². The number of methoxy groups -OCH3 is 3. The van der Waals surface area contributed by atoms with Gasteiger partial charge in [0, 0.05) is 135 Å². The molecule has 8 atom stereocenters. The molecule has 18 rings (SSSR count). The summed E-state index contributed by atoms with van der Waals surface area (Å²) in [5.41, 5.74) is 23.0. The Labute approximate surface area is 596 Å². The van der Waals surface area contributed by atoms with Crippen LogP contribution in [0.3, 0.4) is 0 Å². The van der Waals surface area contributed by atoms with Crippen LogP contribution < -0.4 is 46.1 Å². The lowest BCUT2D eigenvalue weighted by atomic mass is 9.76. The average Bonchev–Trinajstić information content (AvgIpc) is 1.53. The van der Waals surface area contributed by atoms with Crippen molar-refractivity contribution in [2.75, 3.05) is 98.8 Å². The number of anilines is 6. The van der Waals surface area contributed by atoms with Gasteiger partial charge in [0.2, 0.25) is 17.8 Å². The van der Waals surface area contributed by atoms with Crippen LogP contribution in [0.2, 0.25) is 0 Å². The Balaban J connectivity index is 0.000000123. The van der Waals surface area contributed by atoms with Gasteiger partial charge in [0.15, 0.2) is 74.9 Å². The number of nitrogens with zero attached hydrogens (tertiary/aromatic N) is 21. The van der Waals surface area contributed by atoms with Gasteiger partial charge in [0.25, 0.3) is 0 Å². The van der Waals surface area contributed by atoms with Gasteiger partial charge in [-0.3, -0.25) is 18.8 Å². The number of aromatic nitrogens is 18. The number of ketones is 1. The SMILES string of the molecule is COc1cc2nc(N)n3nc([C@@H]4CCCN(c5cnn(C6CCC6(C)O)c5)C4)nc3c2cc1F.COc1cc2nc(N)n3nc([C@@H]4CCCN(c5cnn(C6CCC6(C)O)c5)C4)nc3c2cc1F.COc1cc2nc(N)n3nc([C@@H]4CCCN(c5cnn(C6CCC6=O)c5)C4)nc3c2cc1F.CSF. The topological polar surface area (TPSA) is 356 Å². The van der Waals surface area contributed by atoms with Crippen LogP contribution in [0.25, 0.3) is 49.7 Å². The Kier molecular flexibility index (Phi) is 18.4. The number of carbonyl (C=O) groups excluding carboxylic acids is 1. The summed E-state index contributed by atoms with van der Waals surface area (Å²) in [5, 5.41) is 49.8. The number of Topliss-reactive ketones (excluding diaryl/α,β-unsaturated/α-hetero) is 1. The first kappa shape index (κ1) is 69.3. The normalized spacial score (nSPS) is 23.3. The lowest BCUT2D eigenvalue weighted by Gasteiger charge is -2.42. The molecular weight excluding hydrogens is 1370 g/mol. The Morgan fingerprint density at radius 1 is 0.500 bits per heavy atom. The van der Waals surface area contributed by atoms with Gasteiger partial charge in [-0.15, -0.1) is 15.3 Å². The van der Waals surface area contributed by atoms with E-state index in [1.165, 1.54) is 77.5 Å². The van der Waals surface area contributed by atoms with E-state index in [-0.39, 0.29) is 88.9 Å². The van der Waals surface area contributed by atoms with Gasteiger partial charge in [-0.05, 0) is 103 Å². The van der Waals surface area contributed by atoms with Crippen molar-refractivity contribution in [1.82, 2.24) is 88.1 Å². The minimum atomic E-state index is -0.700. The highest BCUT2D eigenvalue weighted by Crippen LogP contribution is 2.45. The van der Waals surface area contributed by atoms with Crippen molar-refractivity contribution in [3.8, 4) is 17.2 Å². The third-order valence-corrected chi connectivity index (χ3v) is 21.3. The van der Waals surface area contributed by atoms with E-state index in [9.17, 15) is 32.1 Å². The number of nitrogens with two attached hydrogens (primary N) is 3. The summed E-state index contributed by atoms with van der Waals surface area (Å²) in [6, 6.07) is 8.57. The maximum absolute atomic E-state index is 14.4. The maximum Gasteiger partial charge on any atom is 0.223 e. The number of fused-ring (bicyclic) bond motifs is 9. The van der Waals surface area contributed by atoms with Crippen molar-refractivity contribution in [2.24, 2.45) is 0 Å². The van der Waals surface area contributed by atoms with Crippen molar-refractivity contribution in [3.63, 3.8) is 0 Å². The first-order valence-corrected chi connectivity index (χ1v) is 35.8. The molecule has 0 spiro atoms. The van der Waals surface area contributed by atoms with Gasteiger partial charge < -0.3 is 56.3 Å². The number of rotatable bonds is 12. The maximum atomic E-state index is 14.4. The molecule has 6 aliphatic rings. The molecule has 0 bridgehead atoms. The highest BCUT2D eigenvalue weighted by atomic mass is 32.2. The van der Waals surface area contributed by atoms with E-state index in [4.69, 9.17) is 46.4 Å². The van der Waals surface area contributed by atoms with Crippen LogP contribution in [-0.4, -0.2) is 182 Å². The summed E-state index contributed by atoms with van der Waals surface area (Å²) < 4.78 is 78.6. The molecule has 0 radical (unpaired) electrons. The van der Waals surface area contributed by atoms with Gasteiger partial charge in [-0.2, -0.15) is 32.7 Å². The number of halogens is 4. The number of carbonyl (C=O) groups is 1. The first-order chi connectivity index (χ1) is 50.1. The average molecular weight is 1450 g/mol. The Morgan fingerprint density at radius 3 is 1.11 bits per heavy atom. The van der Waals surface area contributed by atoms with Crippen molar-refractivity contribution < 1.29 is 46.3 Å². The van der Waals surface area contributed by atoms with Gasteiger partial charge in [0.05, 0.1) is 96.8 Å². The molecule has 12 heterocycles. The molecule has 3 aromatic carbocycles. The fourth-order valence-corrected chi connectivity index (χ4v) is 15.1. The quantitative estimate of drug-likeness (QED) is 0.0712. The predicted octanol–water partition coefficient (Wildman–Crippen LogP) is 9.07. The molecule has 0 amide bonds. The third-order valence-electron chi connectivity index (χ3n) is 21.3. The van der Waals surface area contributed by atoms with Gasteiger partial charge >= 0.3 is 0 Å². The molecule has 3 aliphatic heterocycles. The predicted molar refractivity (Wildman–Crippen MR) is 383 cm³/mol. The fraction of sp³-hybridized carbons (Fsp3) is 0.464. The summed E-state index contributed by atoms with van der Waals surface area (Å²) in [7, 11) is 4.23. The number of benzene rings is 3. The molecule has 546 valence electrons. The van der Waals surface area contributed by atoms with E-state index >= 15 is 0 Å². The third kappa shape index (κ3) is 12.9. The van der Waals surface area contributed by atoms with E-state index in [0.29, 0.717) is 80.1 Å². The number of ether oxygens (including phenoxy) is 3. The molecule has 5 unspecified atom stereocenters. The monoisotopic (exact) mass is 1450 g/mol. The van der Waals surface area contributed by atoms with Crippen LogP contribution in [0.15, 0.2) is 73.6 Å². The zero-order valence-corrected chi connectivity index (χ0v) is 59.0. The summed E-state index contributed by atoms with van der Waals surface area (Å²) in [4.78, 5) is 46.0. The van der Waals surface area contributed by atoms with Crippen LogP contribution in [0.5, 0.6) is 17.2 Å². The molecule has 104 heavy (non-hydrogen) atoms. The number of piperidine rings is 3. The highest BCUT2D eigenvalue weighted by molar-refractivity contribution is 7.93. The molecule has 12 aromatic rings. The molecule has 30 nitrogen and oxygen atoms in total. The smallest absolute Gasteiger partial charge is 0.223 e. The van der Waals surface area contributed by atoms with Gasteiger partial charge in [-0.25, -0.2) is 43.1 Å². The molecule has 6 fully saturated rings. The molecule has 3 saturated heterocycles. The Bertz CT molecular complexity index is 5020. The summed E-state index contributed by atoms with van der Waals surface area (Å²) in [5.74, 6) is 1.88. The van der Waals surface area contributed by atoms with E-state index in [1.54, 1.807) is 4.68 Å². The largest absolute Gasteiger partial charge is 0.494 e. The Hall–Kier alpha value is -10.4. The second kappa shape index (κ2) is 27.6. The second-order valence-electron chi connectivity index (χ2n) is 27.9. The van der Waals surface area contributed by atoms with E-state index in [1.807, 2.05) is 60.4 Å². The standard InChI is InChI=1S/2C23H27FN8O2.C22H23FN8O2.CH3FS/c2*1-23(33)6-5-19(23)31-12-14(10-26-31)30-7-3-4-13(11-30)20-28-21-15-8-16(24)18(34-2)9-17(15)27-22(25)32(21)29-20;1-33-19-8-16-14(7-15(19)23)21-27-20(28-31(21)22(24)26-16)12-3-2-6-29(10-12)13-9-25-30(11-13)17-4-5-18(17)32;1-3-2/h2*8-10,12-13,19,33H,3-7,11H2,1-2H3,(H2,25,27);7-9,11-12,17H,2-6,10H2,1H3,(H2,24,26);1H3/t2*13-,19?,23?;12-,17?;/m111./s1. The Morgan fingerprint density at radius 2 is 0.827 bits per heavy atom. The second-order valence-corrected chi connectivity index (χ2v) is 28.2. The van der Waals surface area contributed by atoms with Crippen LogP contribution >= 0.6 is 12.1 Å². The molecule has 8 N–H and O–H groups in total. The summed E-state index contributed by atoms with van der Waals surface area (Å²) in [6.45, 7) is 8.62. The molecule has 35 heteroatoms. The summed E-state index contributed by atoms with van der Waals surface area (Å²) in [6.07, 6.45) is 23.6. The van der Waals surface area contributed by atoms with Gasteiger partial charge in [-0.1, -0.05) is 0 Å². The first-order valence-electron chi connectivity index (χ1n) is 34.7. The van der Waals surface area contributed by atoms with Crippen LogP contribution in [0, 0.1) is 17.5 Å². The van der Waals surface area contributed by atoms with Crippen molar-refractivity contribution in [2.45, 2.75) is 138 Å². The molecular formula is C69H80F4N24O6S. The van der Waals surface area contributed by atoms with Gasteiger partial charge in [0.1, 0.15) is 6.04 Å². The van der Waals surface area contributed by atoms with E-state index in [2.05, 4.69) is 60.2 Å². The molecule has 9 aromatic heterocycles. The fourth-order valence-electron chi connectivity index (χ4n) is 15.1. The number of nitrogen functional groups attached to an aromatic ring is 3.